The quantitative estimate of drug-likeness (QED) is 0.827. The van der Waals surface area contributed by atoms with Gasteiger partial charge in [0, 0.05) is 25.5 Å². The van der Waals surface area contributed by atoms with Crippen LogP contribution in [0, 0.1) is 6.92 Å². The molecule has 1 aromatic heterocycles. The number of halogens is 3. The maximum absolute atomic E-state index is 12.0. The summed E-state index contributed by atoms with van der Waals surface area (Å²) in [7, 11) is 0. The first-order valence-electron chi connectivity index (χ1n) is 4.76. The van der Waals surface area contributed by atoms with Crippen molar-refractivity contribution in [3.8, 4) is 0 Å². The number of pyridine rings is 1. The number of nitrogens with one attached hydrogen (secondary N) is 1. The minimum absolute atomic E-state index is 0.279. The van der Waals surface area contributed by atoms with Crippen LogP contribution in [-0.2, 0) is 6.54 Å². The Kier molecular flexibility index (Phi) is 4.26. The average Bonchev–Trinajstić information content (AvgIpc) is 2.19. The van der Waals surface area contributed by atoms with Crippen LogP contribution in [0.25, 0.3) is 0 Å². The lowest BCUT2D eigenvalue weighted by Gasteiger charge is -2.15. The Morgan fingerprint density at radius 1 is 1.50 bits per heavy atom. The first kappa shape index (κ1) is 12.9. The van der Waals surface area contributed by atoms with Crippen LogP contribution >= 0.6 is 0 Å². The van der Waals surface area contributed by atoms with Crippen molar-refractivity contribution in [3.05, 3.63) is 29.6 Å². The number of aromatic nitrogens is 1. The summed E-state index contributed by atoms with van der Waals surface area (Å²) in [5, 5.41) is 11.3. The Morgan fingerprint density at radius 2 is 2.19 bits per heavy atom. The van der Waals surface area contributed by atoms with Crippen molar-refractivity contribution in [1.82, 2.24) is 10.3 Å². The monoisotopic (exact) mass is 234 g/mol. The summed E-state index contributed by atoms with van der Waals surface area (Å²) in [6.45, 7) is 1.59. The summed E-state index contributed by atoms with van der Waals surface area (Å²) in [6.07, 6.45) is -3.68. The molecule has 0 saturated carbocycles. The summed E-state index contributed by atoms with van der Waals surface area (Å²) < 4.78 is 35.9. The smallest absolute Gasteiger partial charge is 0.382 e. The fourth-order valence-corrected chi connectivity index (χ4v) is 1.16. The van der Waals surface area contributed by atoms with E-state index < -0.39 is 18.8 Å². The number of aliphatic hydroxyl groups is 1. The lowest BCUT2D eigenvalue weighted by molar-refractivity contribution is -0.201. The molecular formula is C10H13F3N2O. The molecular weight excluding hydrogens is 221 g/mol. The molecule has 0 aliphatic heterocycles. The van der Waals surface area contributed by atoms with Gasteiger partial charge in [-0.3, -0.25) is 4.98 Å². The van der Waals surface area contributed by atoms with Gasteiger partial charge in [0.25, 0.3) is 0 Å². The van der Waals surface area contributed by atoms with Crippen molar-refractivity contribution < 1.29 is 18.3 Å². The molecule has 0 fully saturated rings. The second kappa shape index (κ2) is 5.27. The molecule has 3 nitrogen and oxygen atoms in total. The van der Waals surface area contributed by atoms with Gasteiger partial charge in [-0.25, -0.2) is 0 Å². The third-order valence-corrected chi connectivity index (χ3v) is 2.17. The van der Waals surface area contributed by atoms with Gasteiger partial charge in [0.05, 0.1) is 0 Å². The molecule has 1 heterocycles. The van der Waals surface area contributed by atoms with Gasteiger partial charge in [0.1, 0.15) is 0 Å². The molecule has 6 heteroatoms. The number of aryl methyl sites for hydroxylation is 1. The molecule has 1 aromatic rings. The molecule has 0 radical (unpaired) electrons. The van der Waals surface area contributed by atoms with Crippen molar-refractivity contribution in [2.24, 2.45) is 0 Å². The molecule has 0 aromatic carbocycles. The Balaban J connectivity index is 2.40. The van der Waals surface area contributed by atoms with E-state index in [-0.39, 0.29) is 6.54 Å². The molecule has 1 atom stereocenters. The number of hydrogen-bond acceptors (Lipinski definition) is 3. The predicted octanol–water partition coefficient (Wildman–Crippen LogP) is 1.40. The zero-order valence-electron chi connectivity index (χ0n) is 8.75. The molecule has 0 aliphatic carbocycles. The van der Waals surface area contributed by atoms with Crippen LogP contribution in [0.5, 0.6) is 0 Å². The van der Waals surface area contributed by atoms with Crippen LogP contribution < -0.4 is 5.32 Å². The van der Waals surface area contributed by atoms with Crippen molar-refractivity contribution in [1.29, 1.82) is 0 Å². The molecule has 90 valence electrons. The van der Waals surface area contributed by atoms with E-state index in [1.54, 1.807) is 18.5 Å². The summed E-state index contributed by atoms with van der Waals surface area (Å²) in [5.41, 5.74) is 1.76. The Labute approximate surface area is 91.3 Å². The van der Waals surface area contributed by atoms with E-state index in [1.165, 1.54) is 0 Å². The van der Waals surface area contributed by atoms with Gasteiger partial charge in [-0.2, -0.15) is 13.2 Å². The van der Waals surface area contributed by atoms with Gasteiger partial charge in [-0.05, 0) is 24.1 Å². The van der Waals surface area contributed by atoms with Crippen LogP contribution in [0.2, 0.25) is 0 Å². The molecule has 0 amide bonds. The number of alkyl halides is 3. The third kappa shape index (κ3) is 3.79. The fraction of sp³-hybridized carbons (Fsp3) is 0.500. The molecule has 2 N–H and O–H groups in total. The number of aliphatic hydroxyl groups excluding tert-OH is 1. The highest BCUT2D eigenvalue weighted by atomic mass is 19.4. The second-order valence-electron chi connectivity index (χ2n) is 3.49. The standard InChI is InChI=1S/C10H13F3N2O/c1-7-4-14-3-2-8(7)5-15-6-9(16)10(11,12)13/h2-4,9,15-16H,5-6H2,1H3. The maximum atomic E-state index is 12.0. The molecule has 0 spiro atoms. The third-order valence-electron chi connectivity index (χ3n) is 2.17. The Bertz CT molecular complexity index is 341. The molecule has 1 unspecified atom stereocenters. The van der Waals surface area contributed by atoms with E-state index in [0.717, 1.165) is 11.1 Å². The van der Waals surface area contributed by atoms with E-state index in [0.29, 0.717) is 0 Å². The maximum Gasteiger partial charge on any atom is 0.415 e. The van der Waals surface area contributed by atoms with E-state index >= 15 is 0 Å². The van der Waals surface area contributed by atoms with Crippen LogP contribution in [0.1, 0.15) is 11.1 Å². The van der Waals surface area contributed by atoms with Crippen LogP contribution in [-0.4, -0.2) is 28.9 Å². The van der Waals surface area contributed by atoms with Gasteiger partial charge in [0.2, 0.25) is 0 Å². The number of rotatable bonds is 4. The van der Waals surface area contributed by atoms with Crippen molar-refractivity contribution >= 4 is 0 Å². The van der Waals surface area contributed by atoms with Gasteiger partial charge >= 0.3 is 6.18 Å². The van der Waals surface area contributed by atoms with Crippen molar-refractivity contribution in [3.63, 3.8) is 0 Å². The van der Waals surface area contributed by atoms with Gasteiger partial charge < -0.3 is 10.4 Å². The van der Waals surface area contributed by atoms with E-state index in [4.69, 9.17) is 5.11 Å². The minimum Gasteiger partial charge on any atom is -0.382 e. The fourth-order valence-electron chi connectivity index (χ4n) is 1.16. The first-order valence-corrected chi connectivity index (χ1v) is 4.76. The Hall–Kier alpha value is -1.14. The molecule has 16 heavy (non-hydrogen) atoms. The van der Waals surface area contributed by atoms with Crippen LogP contribution in [0.4, 0.5) is 13.2 Å². The normalized spacial score (nSPS) is 13.8. The SMILES string of the molecule is Cc1cnccc1CNCC(O)C(F)(F)F. The van der Waals surface area contributed by atoms with Crippen molar-refractivity contribution in [2.45, 2.75) is 25.7 Å². The molecule has 1 rings (SSSR count). The lowest BCUT2D eigenvalue weighted by Crippen LogP contribution is -2.38. The highest BCUT2D eigenvalue weighted by Crippen LogP contribution is 2.19. The molecule has 0 bridgehead atoms. The average molecular weight is 234 g/mol. The van der Waals surface area contributed by atoms with Gasteiger partial charge in [0.15, 0.2) is 6.10 Å². The molecule has 0 saturated heterocycles. The summed E-state index contributed by atoms with van der Waals surface area (Å²) in [6, 6.07) is 1.72. The summed E-state index contributed by atoms with van der Waals surface area (Å²) in [5.74, 6) is 0. The predicted molar refractivity (Wildman–Crippen MR) is 52.7 cm³/mol. The highest BCUT2D eigenvalue weighted by molar-refractivity contribution is 5.21. The van der Waals surface area contributed by atoms with Gasteiger partial charge in [-0.1, -0.05) is 0 Å². The van der Waals surface area contributed by atoms with Crippen molar-refractivity contribution in [2.75, 3.05) is 6.54 Å². The first-order chi connectivity index (χ1) is 7.41. The van der Waals surface area contributed by atoms with E-state index in [1.807, 2.05) is 6.92 Å². The molecule has 0 aliphatic rings. The minimum atomic E-state index is -4.57. The highest BCUT2D eigenvalue weighted by Gasteiger charge is 2.37. The summed E-state index contributed by atoms with van der Waals surface area (Å²) in [4.78, 5) is 3.87. The largest absolute Gasteiger partial charge is 0.415 e. The van der Waals surface area contributed by atoms with Gasteiger partial charge in [-0.15, -0.1) is 0 Å². The van der Waals surface area contributed by atoms with E-state index in [2.05, 4.69) is 10.3 Å². The summed E-state index contributed by atoms with van der Waals surface area (Å²) >= 11 is 0. The van der Waals surface area contributed by atoms with Crippen LogP contribution in [0.3, 0.4) is 0 Å². The number of nitrogens with zero attached hydrogens (tertiary/aromatic N) is 1. The Morgan fingerprint density at radius 3 is 2.75 bits per heavy atom. The van der Waals surface area contributed by atoms with E-state index in [9.17, 15) is 13.2 Å². The lowest BCUT2D eigenvalue weighted by atomic mass is 10.1. The zero-order chi connectivity index (χ0) is 12.2. The second-order valence-corrected chi connectivity index (χ2v) is 3.49. The number of hydrogen-bond donors (Lipinski definition) is 2. The van der Waals surface area contributed by atoms with Crippen LogP contribution in [0.15, 0.2) is 18.5 Å². The zero-order valence-corrected chi connectivity index (χ0v) is 8.75. The topological polar surface area (TPSA) is 45.2 Å².